The molecule has 1 heterocycles. The molecule has 49 heavy (non-hydrogen) atoms. The Balaban J connectivity index is 0.00000600. The van der Waals surface area contributed by atoms with Crippen molar-refractivity contribution in [1.29, 1.82) is 0 Å². The van der Waals surface area contributed by atoms with Gasteiger partial charge in [0.05, 0.1) is 20.2 Å². The highest BCUT2D eigenvalue weighted by molar-refractivity contribution is 6.87. The highest BCUT2D eigenvalue weighted by atomic mass is 28.5. The third-order valence-corrected chi connectivity index (χ3v) is 19.7. The van der Waals surface area contributed by atoms with Crippen LogP contribution < -0.4 is 21.4 Å². The van der Waals surface area contributed by atoms with E-state index in [-0.39, 0.29) is 33.1 Å². The lowest BCUT2D eigenvalue weighted by Gasteiger charge is -2.39. The lowest BCUT2D eigenvalue weighted by atomic mass is 10.3. The van der Waals surface area contributed by atoms with Crippen molar-refractivity contribution < 1.29 is 27.1 Å². The summed E-state index contributed by atoms with van der Waals surface area (Å²) in [5.41, 5.74) is 4.50. The Hall–Kier alpha value is -2.57. The number of rotatable bonds is 20. The lowest BCUT2D eigenvalue weighted by Crippen LogP contribution is -2.52. The van der Waals surface area contributed by atoms with Crippen LogP contribution in [0.3, 0.4) is 0 Å². The summed E-state index contributed by atoms with van der Waals surface area (Å²) in [6.07, 6.45) is 2.06. The maximum Gasteiger partial charge on any atom is 0.323 e. The van der Waals surface area contributed by atoms with Gasteiger partial charge in [-0.3, -0.25) is 9.80 Å². The van der Waals surface area contributed by atoms with Gasteiger partial charge in [0, 0.05) is 31.0 Å². The largest absolute Gasteiger partial charge is 0.437 e. The standard InChI is InChI=1S/C33H58N6O5Si3.2CH4/c1-9-42-34-22-24-38(33(41)36-30-20-14-11-15-21-30)23-16-26-45(3,4)43-47(7,8)44-46(5,6)27-17-25-39(2)28-31(39)37-32(40)35-29-18-12-10-13-19-29;;/h10-15,18-21,31,34H,9,16-17,22-28H2,1-8H3,(H2-,35,36,37,40,41);2*1H4/p+1. The normalized spacial score (nSPS) is 17.3. The number of para-hydroxylation sites is 2. The Morgan fingerprint density at radius 3 is 1.90 bits per heavy atom. The van der Waals surface area contributed by atoms with E-state index >= 15 is 0 Å². The fraction of sp³-hybridized carbons (Fsp3) is 0.600. The smallest absolute Gasteiger partial charge is 0.323 e. The highest BCUT2D eigenvalue weighted by Crippen LogP contribution is 2.30. The average Bonchev–Trinajstić information content (AvgIpc) is 3.61. The summed E-state index contributed by atoms with van der Waals surface area (Å²) in [7, 11) is -4.19. The maximum atomic E-state index is 13.1. The van der Waals surface area contributed by atoms with Crippen LogP contribution in [0.15, 0.2) is 60.7 Å². The molecule has 0 aromatic heterocycles. The first-order chi connectivity index (χ1) is 22.1. The number of anilines is 2. The Bertz CT molecular complexity index is 1260. The predicted molar refractivity (Wildman–Crippen MR) is 212 cm³/mol. The van der Waals surface area contributed by atoms with E-state index in [4.69, 9.17) is 13.1 Å². The van der Waals surface area contributed by atoms with Crippen molar-refractivity contribution in [1.82, 2.24) is 15.7 Å². The van der Waals surface area contributed by atoms with Gasteiger partial charge in [0.25, 0.3) is 0 Å². The van der Waals surface area contributed by atoms with Gasteiger partial charge in [0.2, 0.25) is 6.17 Å². The second kappa shape index (κ2) is 20.3. The number of amides is 4. The number of carbonyl (C=O) groups excluding carboxylic acids is 2. The number of nitrogens with one attached hydrogen (secondary N) is 4. The highest BCUT2D eigenvalue weighted by Gasteiger charge is 2.52. The summed E-state index contributed by atoms with van der Waals surface area (Å²) < 4.78 is 14.6. The van der Waals surface area contributed by atoms with Gasteiger partial charge in [0.1, 0.15) is 0 Å². The number of likely N-dealkylation sites (N-methyl/N-ethyl adjacent to an activating group) is 1. The molecule has 2 unspecified atom stereocenters. The van der Waals surface area contributed by atoms with Crippen LogP contribution in [-0.2, 0) is 13.1 Å². The fourth-order valence-electron chi connectivity index (χ4n) is 6.05. The minimum atomic E-state index is -2.37. The summed E-state index contributed by atoms with van der Waals surface area (Å²) in [5.74, 6) is 0. The maximum absolute atomic E-state index is 13.1. The van der Waals surface area contributed by atoms with Crippen LogP contribution >= 0.6 is 0 Å². The molecule has 0 radical (unpaired) electrons. The molecule has 1 fully saturated rings. The summed E-state index contributed by atoms with van der Waals surface area (Å²) in [4.78, 5) is 32.6. The first-order valence-electron chi connectivity index (χ1n) is 16.9. The Morgan fingerprint density at radius 1 is 0.816 bits per heavy atom. The second-order valence-corrected chi connectivity index (χ2v) is 26.8. The third-order valence-electron chi connectivity index (χ3n) is 8.28. The molecule has 2 aromatic rings. The van der Waals surface area contributed by atoms with Crippen molar-refractivity contribution >= 4 is 48.6 Å². The van der Waals surface area contributed by atoms with E-state index in [2.05, 4.69) is 67.8 Å². The van der Waals surface area contributed by atoms with E-state index < -0.39 is 25.2 Å². The number of nitrogens with zero attached hydrogens (tertiary/aromatic N) is 2. The molecule has 14 heteroatoms. The molecule has 1 aliphatic heterocycles. The Morgan fingerprint density at radius 2 is 1.35 bits per heavy atom. The van der Waals surface area contributed by atoms with Crippen LogP contribution in [-0.4, -0.2) is 99.2 Å². The van der Waals surface area contributed by atoms with E-state index in [1.807, 2.05) is 72.5 Å². The SMILES string of the molecule is C.C.CCONCCN(CCC[Si](C)(C)O[Si](C)(C)O[Si](C)(C)CCC[N+]1(C)CC1NC(=O)Nc1ccccc1)C(=O)Nc1ccccc1. The van der Waals surface area contributed by atoms with Gasteiger partial charge in [-0.25, -0.2) is 15.1 Å². The topological polar surface area (TPSA) is 113 Å². The quantitative estimate of drug-likeness (QED) is 0.0362. The van der Waals surface area contributed by atoms with Crippen LogP contribution in [0.5, 0.6) is 0 Å². The average molecular weight is 736 g/mol. The number of hydrogen-bond donors (Lipinski definition) is 4. The second-order valence-electron chi connectivity index (χ2n) is 14.3. The zero-order valence-electron chi connectivity index (χ0n) is 29.9. The molecular weight excluding hydrogens is 669 g/mol. The summed E-state index contributed by atoms with van der Waals surface area (Å²) in [5, 5.41) is 9.04. The van der Waals surface area contributed by atoms with Gasteiger partial charge in [-0.1, -0.05) is 51.3 Å². The van der Waals surface area contributed by atoms with Crippen molar-refractivity contribution in [3.05, 3.63) is 60.7 Å². The number of carbonyl (C=O) groups is 2. The predicted octanol–water partition coefficient (Wildman–Crippen LogP) is 7.87. The van der Waals surface area contributed by atoms with E-state index in [0.29, 0.717) is 26.2 Å². The number of benzene rings is 2. The van der Waals surface area contributed by atoms with Gasteiger partial charge < -0.3 is 28.6 Å². The molecule has 278 valence electrons. The number of urea groups is 2. The summed E-state index contributed by atoms with van der Waals surface area (Å²) >= 11 is 0. The fourth-order valence-corrected chi connectivity index (χ4v) is 20.1. The van der Waals surface area contributed by atoms with Gasteiger partial charge in [-0.15, -0.1) is 0 Å². The first kappa shape index (κ1) is 44.5. The molecule has 0 aliphatic carbocycles. The van der Waals surface area contributed by atoms with Crippen molar-refractivity contribution in [3.63, 3.8) is 0 Å². The molecule has 0 spiro atoms. The van der Waals surface area contributed by atoms with Gasteiger partial charge in [-0.2, -0.15) is 0 Å². The van der Waals surface area contributed by atoms with E-state index in [9.17, 15) is 9.59 Å². The zero-order valence-corrected chi connectivity index (χ0v) is 32.9. The zero-order chi connectivity index (χ0) is 34.6. The third kappa shape index (κ3) is 16.8. The molecule has 0 bridgehead atoms. The van der Waals surface area contributed by atoms with Crippen LogP contribution in [0.4, 0.5) is 21.0 Å². The molecule has 2 aromatic carbocycles. The van der Waals surface area contributed by atoms with Gasteiger partial charge in [-0.05, 0) is 95.4 Å². The summed E-state index contributed by atoms with van der Waals surface area (Å²) in [6.45, 7) is 19.7. The molecule has 2 atom stereocenters. The van der Waals surface area contributed by atoms with Gasteiger partial charge >= 0.3 is 20.6 Å². The van der Waals surface area contributed by atoms with Gasteiger partial charge in [0.15, 0.2) is 23.2 Å². The number of hydroxylamine groups is 1. The van der Waals surface area contributed by atoms with Crippen LogP contribution in [0.1, 0.15) is 34.6 Å². The lowest BCUT2D eigenvalue weighted by molar-refractivity contribution is -0.793. The molecule has 11 nitrogen and oxygen atoms in total. The Kier molecular flexibility index (Phi) is 18.4. The Labute approximate surface area is 300 Å². The summed E-state index contributed by atoms with van der Waals surface area (Å²) in [6, 6.07) is 20.8. The molecule has 0 saturated carbocycles. The van der Waals surface area contributed by atoms with Crippen LogP contribution in [0.2, 0.25) is 51.4 Å². The van der Waals surface area contributed by atoms with Crippen molar-refractivity contribution in [3.8, 4) is 0 Å². The molecular formula is C35H67N6O5Si3+. The van der Waals surface area contributed by atoms with Crippen molar-refractivity contribution in [2.24, 2.45) is 0 Å². The van der Waals surface area contributed by atoms with E-state index in [1.54, 1.807) is 0 Å². The monoisotopic (exact) mass is 735 g/mol. The van der Waals surface area contributed by atoms with Crippen molar-refractivity contribution in [2.45, 2.75) is 92.2 Å². The van der Waals surface area contributed by atoms with E-state index in [1.165, 1.54) is 0 Å². The molecule has 1 aliphatic rings. The molecule has 4 amide bonds. The van der Waals surface area contributed by atoms with Crippen LogP contribution in [0.25, 0.3) is 0 Å². The van der Waals surface area contributed by atoms with Crippen LogP contribution in [0, 0.1) is 0 Å². The minimum absolute atomic E-state index is 0. The van der Waals surface area contributed by atoms with Crippen molar-refractivity contribution in [2.75, 3.05) is 57.0 Å². The first-order valence-corrected chi connectivity index (χ1v) is 26.0. The number of quaternary nitrogens is 1. The minimum Gasteiger partial charge on any atom is -0.437 e. The number of hydrogen-bond acceptors (Lipinski definition) is 6. The van der Waals surface area contributed by atoms with E-state index in [0.717, 1.165) is 53.9 Å². The molecule has 3 rings (SSSR count). The molecule has 1 saturated heterocycles. The molecule has 4 N–H and O–H groups in total.